The third kappa shape index (κ3) is 3.47. The van der Waals surface area contributed by atoms with E-state index in [9.17, 15) is 0 Å². The molecule has 0 fully saturated rings. The summed E-state index contributed by atoms with van der Waals surface area (Å²) in [5.74, 6) is 0. The molecular weight excluding hydrogens is 180 g/mol. The fourth-order valence-electron chi connectivity index (χ4n) is 1.24. The van der Waals surface area contributed by atoms with Gasteiger partial charge >= 0.3 is 0 Å². The van der Waals surface area contributed by atoms with Crippen LogP contribution < -0.4 is 0 Å². The minimum absolute atomic E-state index is 0.190. The van der Waals surface area contributed by atoms with Crippen LogP contribution in [0.4, 0.5) is 0 Å². The lowest BCUT2D eigenvalue weighted by molar-refractivity contribution is -0.144. The Morgan fingerprint density at radius 2 is 2.00 bits per heavy atom. The van der Waals surface area contributed by atoms with Crippen molar-refractivity contribution in [1.29, 1.82) is 0 Å². The van der Waals surface area contributed by atoms with E-state index in [-0.39, 0.29) is 6.29 Å². The van der Waals surface area contributed by atoms with Crippen molar-refractivity contribution in [1.82, 2.24) is 9.78 Å². The smallest absolute Gasteiger partial charge is 0.176 e. The van der Waals surface area contributed by atoms with Crippen molar-refractivity contribution in [3.05, 3.63) is 18.0 Å². The molecule has 14 heavy (non-hydrogen) atoms. The Morgan fingerprint density at radius 1 is 1.36 bits per heavy atom. The van der Waals surface area contributed by atoms with Crippen molar-refractivity contribution in [3.63, 3.8) is 0 Å². The zero-order chi connectivity index (χ0) is 10.4. The van der Waals surface area contributed by atoms with Crippen molar-refractivity contribution < 1.29 is 9.47 Å². The van der Waals surface area contributed by atoms with Gasteiger partial charge in [0.05, 0.1) is 12.2 Å². The Balaban J connectivity index is 2.46. The largest absolute Gasteiger partial charge is 0.351 e. The van der Waals surface area contributed by atoms with Crippen LogP contribution in [0, 0.1) is 6.92 Å². The quantitative estimate of drug-likeness (QED) is 0.651. The zero-order valence-electron chi connectivity index (χ0n) is 9.06. The molecule has 1 aromatic heterocycles. The average Bonchev–Trinajstić information content (AvgIpc) is 2.52. The Kier molecular flexibility index (Phi) is 4.62. The van der Waals surface area contributed by atoms with Gasteiger partial charge in [-0.15, -0.1) is 0 Å². The maximum atomic E-state index is 5.41. The van der Waals surface area contributed by atoms with Gasteiger partial charge in [-0.25, -0.2) is 0 Å². The molecule has 1 heterocycles. The van der Waals surface area contributed by atoms with Crippen molar-refractivity contribution in [2.45, 2.75) is 33.6 Å². The molecule has 0 spiro atoms. The van der Waals surface area contributed by atoms with Gasteiger partial charge in [-0.1, -0.05) is 0 Å². The lowest BCUT2D eigenvalue weighted by Gasteiger charge is -2.16. The number of nitrogens with zero attached hydrogens (tertiary/aromatic N) is 2. The molecule has 0 saturated heterocycles. The molecule has 0 amide bonds. The Labute approximate surface area is 84.8 Å². The van der Waals surface area contributed by atoms with Crippen LogP contribution in [0.5, 0.6) is 0 Å². The lowest BCUT2D eigenvalue weighted by Crippen LogP contribution is -2.24. The number of aromatic nitrogens is 2. The van der Waals surface area contributed by atoms with Crippen LogP contribution in [0.3, 0.4) is 0 Å². The van der Waals surface area contributed by atoms with E-state index in [2.05, 4.69) is 5.10 Å². The zero-order valence-corrected chi connectivity index (χ0v) is 9.06. The van der Waals surface area contributed by atoms with Crippen molar-refractivity contribution in [2.24, 2.45) is 0 Å². The van der Waals surface area contributed by atoms with Gasteiger partial charge in [0.2, 0.25) is 0 Å². The highest BCUT2D eigenvalue weighted by atomic mass is 16.7. The fraction of sp³-hybridized carbons (Fsp3) is 0.700. The van der Waals surface area contributed by atoms with E-state index >= 15 is 0 Å². The summed E-state index contributed by atoms with van der Waals surface area (Å²) in [6.07, 6.45) is 1.74. The van der Waals surface area contributed by atoms with Crippen LogP contribution >= 0.6 is 0 Å². The Bertz CT molecular complexity index is 254. The summed E-state index contributed by atoms with van der Waals surface area (Å²) in [6, 6.07) is 1.97. The minimum atomic E-state index is -0.190. The highest BCUT2D eigenvalue weighted by molar-refractivity contribution is 4.94. The van der Waals surface area contributed by atoms with Gasteiger partial charge in [0.15, 0.2) is 6.29 Å². The van der Waals surface area contributed by atoms with E-state index in [1.54, 1.807) is 0 Å². The molecular formula is C10H18N2O2. The van der Waals surface area contributed by atoms with E-state index in [0.29, 0.717) is 19.8 Å². The summed E-state index contributed by atoms with van der Waals surface area (Å²) in [6.45, 7) is 7.85. The Morgan fingerprint density at radius 3 is 2.43 bits per heavy atom. The number of aryl methyl sites for hydroxylation is 1. The molecule has 0 aliphatic heterocycles. The molecule has 0 aromatic carbocycles. The molecule has 0 N–H and O–H groups in total. The number of hydrogen-bond acceptors (Lipinski definition) is 3. The van der Waals surface area contributed by atoms with E-state index in [1.165, 1.54) is 0 Å². The first-order valence-electron chi connectivity index (χ1n) is 4.99. The Hall–Kier alpha value is -0.870. The first kappa shape index (κ1) is 11.2. The van der Waals surface area contributed by atoms with Gasteiger partial charge in [0.25, 0.3) is 0 Å². The van der Waals surface area contributed by atoms with Gasteiger partial charge in [-0.3, -0.25) is 4.68 Å². The summed E-state index contributed by atoms with van der Waals surface area (Å²) in [5, 5.41) is 4.27. The minimum Gasteiger partial charge on any atom is -0.351 e. The summed E-state index contributed by atoms with van der Waals surface area (Å²) >= 11 is 0. The van der Waals surface area contributed by atoms with E-state index in [1.807, 2.05) is 37.7 Å². The maximum Gasteiger partial charge on any atom is 0.176 e. The SMILES string of the molecule is CCOC(Cn1ccc(C)n1)OCC. The van der Waals surface area contributed by atoms with Crippen LogP contribution in [-0.4, -0.2) is 29.3 Å². The predicted octanol–water partition coefficient (Wildman–Crippen LogP) is 1.59. The predicted molar refractivity (Wildman–Crippen MR) is 54.0 cm³/mol. The number of hydrogen-bond donors (Lipinski definition) is 0. The second-order valence-electron chi connectivity index (χ2n) is 3.02. The molecule has 4 heteroatoms. The number of rotatable bonds is 6. The maximum absolute atomic E-state index is 5.41. The molecule has 1 aromatic rings. The summed E-state index contributed by atoms with van der Waals surface area (Å²) < 4.78 is 12.7. The number of ether oxygens (including phenoxy) is 2. The molecule has 0 atom stereocenters. The summed E-state index contributed by atoms with van der Waals surface area (Å²) in [5.41, 5.74) is 1.01. The third-order valence-corrected chi connectivity index (χ3v) is 1.82. The summed E-state index contributed by atoms with van der Waals surface area (Å²) in [4.78, 5) is 0. The van der Waals surface area contributed by atoms with Gasteiger partial charge in [-0.2, -0.15) is 5.10 Å². The van der Waals surface area contributed by atoms with Gasteiger partial charge in [0.1, 0.15) is 0 Å². The molecule has 0 unspecified atom stereocenters. The summed E-state index contributed by atoms with van der Waals surface area (Å²) in [7, 11) is 0. The highest BCUT2D eigenvalue weighted by Gasteiger charge is 2.08. The van der Waals surface area contributed by atoms with Gasteiger partial charge in [-0.05, 0) is 26.8 Å². The first-order chi connectivity index (χ1) is 6.76. The molecule has 0 radical (unpaired) electrons. The van der Waals surface area contributed by atoms with Gasteiger partial charge < -0.3 is 9.47 Å². The van der Waals surface area contributed by atoms with Crippen LogP contribution in [-0.2, 0) is 16.0 Å². The van der Waals surface area contributed by atoms with E-state index in [0.717, 1.165) is 5.69 Å². The topological polar surface area (TPSA) is 36.3 Å². The van der Waals surface area contributed by atoms with E-state index < -0.39 is 0 Å². The van der Waals surface area contributed by atoms with Crippen LogP contribution in [0.15, 0.2) is 12.3 Å². The monoisotopic (exact) mass is 198 g/mol. The van der Waals surface area contributed by atoms with Crippen LogP contribution in [0.2, 0.25) is 0 Å². The second kappa shape index (κ2) is 5.78. The molecule has 0 saturated carbocycles. The van der Waals surface area contributed by atoms with Crippen molar-refractivity contribution in [2.75, 3.05) is 13.2 Å². The molecule has 0 aliphatic carbocycles. The third-order valence-electron chi connectivity index (χ3n) is 1.82. The highest BCUT2D eigenvalue weighted by Crippen LogP contribution is 2.00. The standard InChI is InChI=1S/C10H18N2O2/c1-4-13-10(14-5-2)8-12-7-6-9(3)11-12/h6-7,10H,4-5,8H2,1-3H3. The van der Waals surface area contributed by atoms with Gasteiger partial charge in [0, 0.05) is 19.4 Å². The lowest BCUT2D eigenvalue weighted by atomic mass is 10.5. The van der Waals surface area contributed by atoms with Crippen molar-refractivity contribution >= 4 is 0 Å². The molecule has 1 rings (SSSR count). The molecule has 80 valence electrons. The average molecular weight is 198 g/mol. The molecule has 0 aliphatic rings. The van der Waals surface area contributed by atoms with E-state index in [4.69, 9.17) is 9.47 Å². The second-order valence-corrected chi connectivity index (χ2v) is 3.02. The normalized spacial score (nSPS) is 11.1. The molecule has 0 bridgehead atoms. The van der Waals surface area contributed by atoms with Crippen LogP contribution in [0.25, 0.3) is 0 Å². The van der Waals surface area contributed by atoms with Crippen molar-refractivity contribution in [3.8, 4) is 0 Å². The molecule has 4 nitrogen and oxygen atoms in total. The van der Waals surface area contributed by atoms with Crippen LogP contribution in [0.1, 0.15) is 19.5 Å². The fourth-order valence-corrected chi connectivity index (χ4v) is 1.24. The first-order valence-corrected chi connectivity index (χ1v) is 4.99.